The van der Waals surface area contributed by atoms with Crippen LogP contribution in [0.5, 0.6) is 0 Å². The van der Waals surface area contributed by atoms with E-state index in [1.165, 1.54) is 19.2 Å². The average Bonchev–Trinajstić information content (AvgIpc) is 3.61. The Morgan fingerprint density at radius 1 is 1.10 bits per heavy atom. The first-order valence-electron chi connectivity index (χ1n) is 13.5. The molecule has 1 amide bonds. The number of halogens is 3. The molecule has 4 aromatic rings. The van der Waals surface area contributed by atoms with Gasteiger partial charge in [-0.3, -0.25) is 4.79 Å². The maximum Gasteiger partial charge on any atom is 0.471 e. The van der Waals surface area contributed by atoms with E-state index >= 15 is 0 Å². The molecule has 41 heavy (non-hydrogen) atoms. The number of benzene rings is 2. The molecule has 2 aromatic heterocycles. The van der Waals surface area contributed by atoms with Gasteiger partial charge in [0.25, 0.3) is 0 Å². The normalized spacial score (nSPS) is 16.6. The summed E-state index contributed by atoms with van der Waals surface area (Å²) < 4.78 is 57.3. The van der Waals surface area contributed by atoms with Gasteiger partial charge in [-0.05, 0) is 72.7 Å². The molecule has 214 valence electrons. The number of rotatable bonds is 5. The summed E-state index contributed by atoms with van der Waals surface area (Å²) in [6, 6.07) is 11.2. The van der Waals surface area contributed by atoms with E-state index in [2.05, 4.69) is 25.5 Å². The van der Waals surface area contributed by atoms with Crippen LogP contribution in [-0.2, 0) is 28.7 Å². The smallest absolute Gasteiger partial charge is 0.383 e. The van der Waals surface area contributed by atoms with E-state index in [4.69, 9.17) is 5.73 Å². The minimum atomic E-state index is -4.92. The van der Waals surface area contributed by atoms with Crippen LogP contribution in [0.4, 0.5) is 24.7 Å². The lowest BCUT2D eigenvalue weighted by Gasteiger charge is -2.29. The van der Waals surface area contributed by atoms with E-state index in [0.717, 1.165) is 51.0 Å². The Bertz CT molecular complexity index is 1680. The number of anilines is 2. The molecule has 2 aliphatic rings. The zero-order valence-corrected chi connectivity index (χ0v) is 23.2. The Kier molecular flexibility index (Phi) is 6.96. The van der Waals surface area contributed by atoms with E-state index < -0.39 is 23.1 Å². The first-order chi connectivity index (χ1) is 19.6. The number of nitrogens with zero attached hydrogens (tertiary/aromatic N) is 4. The Balaban J connectivity index is 1.24. The highest BCUT2D eigenvalue weighted by molar-refractivity contribution is 7.86. The number of nitrogens with two attached hydrogens (primary N) is 1. The number of nitrogens with one attached hydrogen (secondary N) is 1. The molecular formula is C29H29F3N6O2S. The Morgan fingerprint density at radius 2 is 1.88 bits per heavy atom. The lowest BCUT2D eigenvalue weighted by Crippen LogP contribution is -2.43. The number of carbonyl (C=O) groups is 1. The summed E-state index contributed by atoms with van der Waals surface area (Å²) in [5.41, 5.74) is 11.9. The van der Waals surface area contributed by atoms with Gasteiger partial charge in [-0.2, -0.15) is 13.2 Å². The van der Waals surface area contributed by atoms with Crippen LogP contribution in [0.2, 0.25) is 0 Å². The van der Waals surface area contributed by atoms with Crippen molar-refractivity contribution >= 4 is 39.4 Å². The number of carbonyl (C=O) groups excluding carboxylic acids is 1. The van der Waals surface area contributed by atoms with Crippen molar-refractivity contribution in [3.05, 3.63) is 65.6 Å². The molecule has 1 aliphatic carbocycles. The first kappa shape index (κ1) is 27.3. The Morgan fingerprint density at radius 3 is 2.61 bits per heavy atom. The molecule has 0 bridgehead atoms. The summed E-state index contributed by atoms with van der Waals surface area (Å²) in [4.78, 5) is 21.7. The van der Waals surface area contributed by atoms with Crippen molar-refractivity contribution in [2.24, 2.45) is 0 Å². The van der Waals surface area contributed by atoms with Gasteiger partial charge in [0.05, 0.1) is 10.3 Å². The third-order valence-electron chi connectivity index (χ3n) is 8.03. The van der Waals surface area contributed by atoms with Crippen LogP contribution < -0.4 is 10.5 Å². The molecule has 0 radical (unpaired) electrons. The van der Waals surface area contributed by atoms with Crippen LogP contribution in [-0.4, -0.2) is 42.3 Å². The third-order valence-corrected chi connectivity index (χ3v) is 9.12. The quantitative estimate of drug-likeness (QED) is 0.315. The lowest BCUT2D eigenvalue weighted by molar-refractivity contribution is -0.186. The number of aryl methyl sites for hydroxylation is 1. The summed E-state index contributed by atoms with van der Waals surface area (Å²) in [6.07, 6.45) is 3.55. The highest BCUT2D eigenvalue weighted by Crippen LogP contribution is 2.39. The second-order valence-corrected chi connectivity index (χ2v) is 11.9. The predicted octanol–water partition coefficient (Wildman–Crippen LogP) is 5.69. The fraction of sp³-hybridized carbons (Fsp3) is 0.345. The van der Waals surface area contributed by atoms with Crippen molar-refractivity contribution in [3.63, 3.8) is 0 Å². The van der Waals surface area contributed by atoms with E-state index in [0.29, 0.717) is 34.4 Å². The molecule has 1 aliphatic heterocycles. The maximum atomic E-state index is 13.3. The number of hydrogen-bond acceptors (Lipinski definition) is 5. The molecule has 2 aromatic carbocycles. The average molecular weight is 583 g/mol. The zero-order valence-electron chi connectivity index (χ0n) is 22.4. The summed E-state index contributed by atoms with van der Waals surface area (Å²) in [5.74, 6) is -1.44. The van der Waals surface area contributed by atoms with Crippen molar-refractivity contribution in [2.45, 2.75) is 62.7 Å². The van der Waals surface area contributed by atoms with Crippen molar-refractivity contribution in [1.29, 1.82) is 0 Å². The Labute approximate surface area is 237 Å². The van der Waals surface area contributed by atoms with Crippen LogP contribution in [0.1, 0.15) is 48.4 Å². The third kappa shape index (κ3) is 5.16. The van der Waals surface area contributed by atoms with Crippen LogP contribution in [0.25, 0.3) is 22.2 Å². The summed E-state index contributed by atoms with van der Waals surface area (Å²) in [6.45, 7) is 1.73. The molecule has 1 saturated carbocycles. The van der Waals surface area contributed by atoms with Gasteiger partial charge in [0, 0.05) is 36.6 Å². The minimum Gasteiger partial charge on any atom is -0.383 e. The number of alkyl halides is 3. The summed E-state index contributed by atoms with van der Waals surface area (Å²) in [5, 5.41) is 0.815. The summed E-state index contributed by atoms with van der Waals surface area (Å²) >= 11 is 0. The van der Waals surface area contributed by atoms with Crippen molar-refractivity contribution in [1.82, 2.24) is 19.4 Å². The standard InChI is InChI=1S/C29H29F3N6O2S/c1-17-12-19(23-15-38(21-4-2-3-5-21)27-25(23)26(33)34-16-35-27)7-9-24(17)36-41(40)22-8-6-18-10-11-37(14-20(18)13-22)28(39)29(30,31)32/h6-9,12-13,15-16,21,36H,2-5,10-11,14H2,1H3,(H2,33,34,35). The van der Waals surface area contributed by atoms with Gasteiger partial charge in [0.2, 0.25) is 0 Å². The molecule has 1 atom stereocenters. The van der Waals surface area contributed by atoms with E-state index in [-0.39, 0.29) is 13.1 Å². The molecule has 3 heterocycles. The molecule has 1 fully saturated rings. The van der Waals surface area contributed by atoms with Gasteiger partial charge < -0.3 is 19.9 Å². The molecule has 0 spiro atoms. The van der Waals surface area contributed by atoms with E-state index in [9.17, 15) is 22.2 Å². The number of hydrogen-bond donors (Lipinski definition) is 2. The predicted molar refractivity (Wildman–Crippen MR) is 151 cm³/mol. The van der Waals surface area contributed by atoms with Gasteiger partial charge in [0.15, 0.2) is 0 Å². The molecule has 1 unspecified atom stereocenters. The van der Waals surface area contributed by atoms with Crippen LogP contribution in [0.3, 0.4) is 0 Å². The molecular weight excluding hydrogens is 553 g/mol. The van der Waals surface area contributed by atoms with Crippen molar-refractivity contribution < 1.29 is 22.2 Å². The highest BCUT2D eigenvalue weighted by Gasteiger charge is 2.43. The van der Waals surface area contributed by atoms with E-state index in [1.54, 1.807) is 18.2 Å². The van der Waals surface area contributed by atoms with Crippen LogP contribution in [0, 0.1) is 6.92 Å². The van der Waals surface area contributed by atoms with Crippen molar-refractivity contribution in [2.75, 3.05) is 17.0 Å². The van der Waals surface area contributed by atoms with Gasteiger partial charge in [0.1, 0.15) is 28.8 Å². The van der Waals surface area contributed by atoms with Crippen LogP contribution >= 0.6 is 0 Å². The topological polar surface area (TPSA) is 106 Å². The largest absolute Gasteiger partial charge is 0.471 e. The summed E-state index contributed by atoms with van der Waals surface area (Å²) in [7, 11) is -1.68. The van der Waals surface area contributed by atoms with Crippen molar-refractivity contribution in [3.8, 4) is 11.1 Å². The number of aromatic nitrogens is 3. The van der Waals surface area contributed by atoms with E-state index in [1.807, 2.05) is 25.1 Å². The molecule has 8 nitrogen and oxygen atoms in total. The SMILES string of the molecule is Cc1cc(-c2cn(C3CCCC3)c3ncnc(N)c23)ccc1NS(=O)c1ccc2c(c1)CN(C(=O)C(F)(F)F)CC2. The first-order valence-corrected chi connectivity index (χ1v) is 14.6. The van der Waals surface area contributed by atoms with Gasteiger partial charge in [-0.25, -0.2) is 14.2 Å². The molecule has 0 saturated heterocycles. The number of nitrogen functional groups attached to an aromatic ring is 1. The van der Waals surface area contributed by atoms with Gasteiger partial charge in [-0.15, -0.1) is 0 Å². The fourth-order valence-electron chi connectivity index (χ4n) is 5.89. The van der Waals surface area contributed by atoms with Gasteiger partial charge in [-0.1, -0.05) is 25.0 Å². The Hall–Kier alpha value is -3.93. The molecule has 12 heteroatoms. The number of amides is 1. The minimum absolute atomic E-state index is 0.00528. The molecule has 6 rings (SSSR count). The second-order valence-electron chi connectivity index (χ2n) is 10.7. The fourth-order valence-corrected chi connectivity index (χ4v) is 6.88. The second kappa shape index (κ2) is 10.5. The monoisotopic (exact) mass is 582 g/mol. The molecule has 3 N–H and O–H groups in total. The van der Waals surface area contributed by atoms with Crippen LogP contribution in [0.15, 0.2) is 53.8 Å². The highest BCUT2D eigenvalue weighted by atomic mass is 32.2. The number of fused-ring (bicyclic) bond motifs is 2. The zero-order chi connectivity index (χ0) is 28.9. The maximum absolute atomic E-state index is 13.3. The van der Waals surface area contributed by atoms with Gasteiger partial charge >= 0.3 is 12.1 Å². The lowest BCUT2D eigenvalue weighted by atomic mass is 10.00.